The van der Waals surface area contributed by atoms with Crippen LogP contribution >= 0.6 is 0 Å². The lowest BCUT2D eigenvalue weighted by atomic mass is 10.0. The molecule has 2 unspecified atom stereocenters. The molecule has 0 aromatic heterocycles. The molecule has 12 heteroatoms. The molecule has 1 rings (SSSR count). The highest BCUT2D eigenvalue weighted by molar-refractivity contribution is 5.94. The van der Waals surface area contributed by atoms with Crippen LogP contribution in [0.1, 0.15) is 79.7 Å². The van der Waals surface area contributed by atoms with Crippen LogP contribution in [0.2, 0.25) is 0 Å². The Hall–Kier alpha value is -3.35. The van der Waals surface area contributed by atoms with E-state index < -0.39 is 35.4 Å². The molecule has 4 amide bonds. The Labute approximate surface area is 274 Å². The van der Waals surface area contributed by atoms with Gasteiger partial charge in [0.2, 0.25) is 23.6 Å². The normalized spacial score (nSPS) is 13.1. The van der Waals surface area contributed by atoms with Crippen LogP contribution in [0.4, 0.5) is 0 Å². The third-order valence-corrected chi connectivity index (χ3v) is 7.23. The highest BCUT2D eigenvalue weighted by Gasteiger charge is 2.28. The smallest absolute Gasteiger partial charge is 0.243 e. The van der Waals surface area contributed by atoms with Crippen LogP contribution in [-0.4, -0.2) is 92.6 Å². The van der Waals surface area contributed by atoms with E-state index in [1.165, 1.54) is 6.92 Å². The van der Waals surface area contributed by atoms with Crippen molar-refractivity contribution >= 4 is 29.4 Å². The van der Waals surface area contributed by atoms with Crippen LogP contribution in [0.15, 0.2) is 30.3 Å². The largest absolute Gasteiger partial charge is 0.375 e. The first-order valence-electron chi connectivity index (χ1n) is 16.1. The SMILES string of the molecule is CNCCOC(C)(C)CCOC(C)(C)CCC(=O)NCC(=O)NC(Cc1ccccc1)C(=O)NC(CC(C)C)C(=O)NCC(C)=O. The second kappa shape index (κ2) is 20.7. The second-order valence-corrected chi connectivity index (χ2v) is 13.3. The lowest BCUT2D eigenvalue weighted by Gasteiger charge is -2.29. The summed E-state index contributed by atoms with van der Waals surface area (Å²) in [6, 6.07) is 7.29. The molecule has 5 N–H and O–H groups in total. The van der Waals surface area contributed by atoms with Gasteiger partial charge < -0.3 is 36.1 Å². The predicted octanol–water partition coefficient (Wildman–Crippen LogP) is 2.05. The van der Waals surface area contributed by atoms with Crippen molar-refractivity contribution in [2.45, 2.75) is 104 Å². The van der Waals surface area contributed by atoms with Gasteiger partial charge in [-0.15, -0.1) is 0 Å². The van der Waals surface area contributed by atoms with Crippen LogP contribution < -0.4 is 26.6 Å². The van der Waals surface area contributed by atoms with Gasteiger partial charge in [0.1, 0.15) is 17.9 Å². The molecule has 1 aromatic rings. The predicted molar refractivity (Wildman–Crippen MR) is 178 cm³/mol. The van der Waals surface area contributed by atoms with Gasteiger partial charge in [0.25, 0.3) is 0 Å². The number of hydrogen-bond acceptors (Lipinski definition) is 8. The van der Waals surface area contributed by atoms with Gasteiger partial charge in [-0.05, 0) is 72.4 Å². The number of amides is 4. The van der Waals surface area contributed by atoms with E-state index in [1.54, 1.807) is 0 Å². The Morgan fingerprint density at radius 2 is 1.39 bits per heavy atom. The zero-order chi connectivity index (χ0) is 34.8. The summed E-state index contributed by atoms with van der Waals surface area (Å²) < 4.78 is 11.9. The maximum Gasteiger partial charge on any atom is 0.243 e. The third kappa shape index (κ3) is 18.6. The van der Waals surface area contributed by atoms with Gasteiger partial charge in [-0.2, -0.15) is 0 Å². The number of ether oxygens (including phenoxy) is 2. The number of Topliss-reactive ketones (excluding diaryl/α,β-unsaturated/α-hetero) is 1. The highest BCUT2D eigenvalue weighted by Crippen LogP contribution is 2.20. The van der Waals surface area contributed by atoms with Gasteiger partial charge in [-0.1, -0.05) is 44.2 Å². The molecule has 0 heterocycles. The Balaban J connectivity index is 2.72. The summed E-state index contributed by atoms with van der Waals surface area (Å²) in [6.07, 6.45) is 1.83. The topological polar surface area (TPSA) is 164 Å². The number of rotatable bonds is 23. The van der Waals surface area contributed by atoms with Crippen LogP contribution in [0, 0.1) is 5.92 Å². The molecule has 12 nitrogen and oxygen atoms in total. The van der Waals surface area contributed by atoms with Gasteiger partial charge >= 0.3 is 0 Å². The number of carbonyl (C=O) groups excluding carboxylic acids is 5. The summed E-state index contributed by atoms with van der Waals surface area (Å²) >= 11 is 0. The van der Waals surface area contributed by atoms with Gasteiger partial charge in [-0.25, -0.2) is 0 Å². The molecule has 260 valence electrons. The fraction of sp³-hybridized carbons (Fsp3) is 0.676. The Morgan fingerprint density at radius 3 is 2.00 bits per heavy atom. The quantitative estimate of drug-likeness (QED) is 0.113. The van der Waals surface area contributed by atoms with Crippen molar-refractivity contribution in [3.63, 3.8) is 0 Å². The van der Waals surface area contributed by atoms with Crippen LogP contribution in [0.5, 0.6) is 0 Å². The number of likely N-dealkylation sites (N-methyl/N-ethyl adjacent to an activating group) is 1. The minimum atomic E-state index is -0.999. The van der Waals surface area contributed by atoms with Gasteiger partial charge in [-0.3, -0.25) is 24.0 Å². The zero-order valence-electron chi connectivity index (χ0n) is 29.0. The van der Waals surface area contributed by atoms with Crippen molar-refractivity contribution in [3.8, 4) is 0 Å². The standard InChI is InChI=1S/C34H57N5O7/c1-24(2)20-27(31(43)37-22-25(3)40)39-32(44)28(21-26-12-10-9-11-13-26)38-30(42)23-36-29(41)14-15-33(4,5)45-18-16-34(6,7)46-19-17-35-8/h9-13,24,27-28,35H,14-23H2,1-8H3,(H,36,41)(H,37,43)(H,38,42)(H,39,44). The van der Waals surface area contributed by atoms with E-state index in [-0.39, 0.29) is 49.1 Å². The van der Waals surface area contributed by atoms with Crippen LogP contribution in [0.25, 0.3) is 0 Å². The molecule has 0 radical (unpaired) electrons. The van der Waals surface area contributed by atoms with Crippen molar-refractivity contribution in [2.24, 2.45) is 5.92 Å². The van der Waals surface area contributed by atoms with Gasteiger partial charge in [0.05, 0.1) is 37.5 Å². The number of hydrogen-bond donors (Lipinski definition) is 5. The monoisotopic (exact) mass is 647 g/mol. The molecule has 0 aliphatic carbocycles. The molecular formula is C34H57N5O7. The molecule has 0 saturated heterocycles. The Kier molecular flexibility index (Phi) is 18.3. The first-order chi connectivity index (χ1) is 21.5. The number of benzene rings is 1. The van der Waals surface area contributed by atoms with Gasteiger partial charge in [0, 0.05) is 19.4 Å². The van der Waals surface area contributed by atoms with Crippen molar-refractivity contribution in [3.05, 3.63) is 35.9 Å². The average Bonchev–Trinajstić information content (AvgIpc) is 2.97. The summed E-state index contributed by atoms with van der Waals surface area (Å²) in [5.41, 5.74) is -0.0731. The summed E-state index contributed by atoms with van der Waals surface area (Å²) in [5, 5.41) is 13.7. The lowest BCUT2D eigenvalue weighted by Crippen LogP contribution is -2.56. The molecule has 0 fully saturated rings. The molecule has 0 aliphatic rings. The van der Waals surface area contributed by atoms with Crippen LogP contribution in [0.3, 0.4) is 0 Å². The molecule has 0 saturated carbocycles. The maximum atomic E-state index is 13.4. The fourth-order valence-corrected chi connectivity index (χ4v) is 4.44. The summed E-state index contributed by atoms with van der Waals surface area (Å²) in [7, 11) is 1.88. The minimum Gasteiger partial charge on any atom is -0.375 e. The van der Waals surface area contributed by atoms with E-state index in [4.69, 9.17) is 9.47 Å². The fourth-order valence-electron chi connectivity index (χ4n) is 4.44. The van der Waals surface area contributed by atoms with Crippen molar-refractivity contribution in [1.29, 1.82) is 0 Å². The summed E-state index contributed by atoms with van der Waals surface area (Å²) in [5.74, 6) is -1.99. The van der Waals surface area contributed by atoms with Crippen molar-refractivity contribution in [2.75, 3.05) is 39.9 Å². The summed E-state index contributed by atoms with van der Waals surface area (Å²) in [6.45, 7) is 14.5. The third-order valence-electron chi connectivity index (χ3n) is 7.23. The van der Waals surface area contributed by atoms with Crippen LogP contribution in [-0.2, 0) is 39.9 Å². The van der Waals surface area contributed by atoms with E-state index in [2.05, 4.69) is 26.6 Å². The molecule has 46 heavy (non-hydrogen) atoms. The molecule has 0 aliphatic heterocycles. The number of ketones is 1. The molecule has 0 bridgehead atoms. The van der Waals surface area contributed by atoms with Crippen molar-refractivity contribution in [1.82, 2.24) is 26.6 Å². The molecule has 1 aromatic carbocycles. The highest BCUT2D eigenvalue weighted by atomic mass is 16.5. The second-order valence-electron chi connectivity index (χ2n) is 13.3. The molecule has 2 atom stereocenters. The number of nitrogens with one attached hydrogen (secondary N) is 5. The first kappa shape index (κ1) is 40.7. The average molecular weight is 648 g/mol. The van der Waals surface area contributed by atoms with E-state index in [1.807, 2.05) is 78.9 Å². The van der Waals surface area contributed by atoms with E-state index >= 15 is 0 Å². The first-order valence-corrected chi connectivity index (χ1v) is 16.1. The van der Waals surface area contributed by atoms with E-state index in [9.17, 15) is 24.0 Å². The lowest BCUT2D eigenvalue weighted by molar-refractivity contribution is -0.133. The zero-order valence-corrected chi connectivity index (χ0v) is 29.0. The maximum absolute atomic E-state index is 13.4. The van der Waals surface area contributed by atoms with Crippen molar-refractivity contribution < 1.29 is 33.4 Å². The number of carbonyl (C=O) groups is 5. The molecule has 0 spiro atoms. The Bertz CT molecular complexity index is 1110. The summed E-state index contributed by atoms with van der Waals surface area (Å²) in [4.78, 5) is 63.0. The Morgan fingerprint density at radius 1 is 0.761 bits per heavy atom. The van der Waals surface area contributed by atoms with E-state index in [0.29, 0.717) is 32.5 Å². The van der Waals surface area contributed by atoms with Gasteiger partial charge in [0.15, 0.2) is 0 Å². The minimum absolute atomic E-state index is 0.0790. The van der Waals surface area contributed by atoms with E-state index in [0.717, 1.165) is 12.1 Å². The molecular weight excluding hydrogens is 590 g/mol.